The highest BCUT2D eigenvalue weighted by Gasteiger charge is 2.09. The van der Waals surface area contributed by atoms with E-state index in [1.165, 1.54) is 24.8 Å². The Morgan fingerprint density at radius 3 is 1.69 bits per heavy atom. The Kier molecular flexibility index (Phi) is 2.63. The maximum Gasteiger partial charge on any atom is 0.331 e. The summed E-state index contributed by atoms with van der Waals surface area (Å²) in [6.07, 6.45) is 5.74. The summed E-state index contributed by atoms with van der Waals surface area (Å²) in [6.45, 7) is 0. The first kappa shape index (κ1) is 9.90. The van der Waals surface area contributed by atoms with E-state index in [0.717, 1.165) is 0 Å². The van der Waals surface area contributed by atoms with Gasteiger partial charge in [-0.15, -0.1) is 0 Å². The van der Waals surface area contributed by atoms with E-state index in [0.29, 0.717) is 0 Å². The summed E-state index contributed by atoms with van der Waals surface area (Å²) in [5.41, 5.74) is 0. The second-order valence-electron chi connectivity index (χ2n) is 2.69. The van der Waals surface area contributed by atoms with E-state index in [9.17, 15) is 9.59 Å². The van der Waals surface area contributed by atoms with Crippen LogP contribution < -0.4 is 0 Å². The third-order valence-electron chi connectivity index (χ3n) is 1.63. The Bertz CT molecular complexity index is 464. The van der Waals surface area contributed by atoms with Crippen LogP contribution in [0.3, 0.4) is 0 Å². The lowest BCUT2D eigenvalue weighted by Gasteiger charge is -1.86. The van der Waals surface area contributed by atoms with Crippen molar-refractivity contribution in [3.63, 3.8) is 0 Å². The van der Waals surface area contributed by atoms with Gasteiger partial charge in [-0.1, -0.05) is 10.2 Å². The van der Waals surface area contributed by atoms with Crippen LogP contribution in [-0.4, -0.2) is 31.8 Å². The monoisotopic (exact) mass is 218 g/mol. The van der Waals surface area contributed by atoms with Gasteiger partial charge < -0.3 is 9.97 Å². The summed E-state index contributed by atoms with van der Waals surface area (Å²) in [5.74, 6) is -1.39. The number of aromatic nitrogens is 4. The fourth-order valence-corrected chi connectivity index (χ4v) is 0.950. The molecule has 0 aliphatic rings. The molecule has 2 aromatic rings. The zero-order chi connectivity index (χ0) is 11.4. The van der Waals surface area contributed by atoms with E-state index in [-0.39, 0.29) is 11.6 Å². The Morgan fingerprint density at radius 2 is 1.38 bits per heavy atom. The number of carbonyl (C=O) groups is 2. The summed E-state index contributed by atoms with van der Waals surface area (Å²) in [6, 6.07) is 0. The lowest BCUT2D eigenvalue weighted by molar-refractivity contribution is 0.0937. The highest BCUT2D eigenvalue weighted by molar-refractivity contribution is 5.95. The first-order valence-electron chi connectivity index (χ1n) is 4.26. The van der Waals surface area contributed by atoms with Gasteiger partial charge in [0.2, 0.25) is 0 Å². The highest BCUT2D eigenvalue weighted by Crippen LogP contribution is 1.96. The predicted octanol–water partition coefficient (Wildman–Crippen LogP) is 0.566. The summed E-state index contributed by atoms with van der Waals surface area (Å²) in [4.78, 5) is 34.9. The van der Waals surface area contributed by atoms with Gasteiger partial charge in [-0.25, -0.2) is 9.97 Å². The van der Waals surface area contributed by atoms with Gasteiger partial charge >= 0.3 is 11.8 Å². The van der Waals surface area contributed by atoms with E-state index >= 15 is 0 Å². The van der Waals surface area contributed by atoms with Crippen LogP contribution in [0.2, 0.25) is 0 Å². The van der Waals surface area contributed by atoms with E-state index in [2.05, 4.69) is 30.2 Å². The van der Waals surface area contributed by atoms with Crippen molar-refractivity contribution in [3.8, 4) is 0 Å². The van der Waals surface area contributed by atoms with Gasteiger partial charge in [-0.3, -0.25) is 9.59 Å². The molecule has 16 heavy (non-hydrogen) atoms. The first-order chi connectivity index (χ1) is 7.77. The second kappa shape index (κ2) is 4.26. The molecule has 0 unspecified atom stereocenters. The minimum atomic E-state index is -0.718. The second-order valence-corrected chi connectivity index (χ2v) is 2.69. The molecule has 2 amide bonds. The van der Waals surface area contributed by atoms with Gasteiger partial charge in [0.15, 0.2) is 11.6 Å². The zero-order valence-corrected chi connectivity index (χ0v) is 7.91. The molecule has 0 bridgehead atoms. The third kappa shape index (κ3) is 2.05. The van der Waals surface area contributed by atoms with Gasteiger partial charge in [-0.2, -0.15) is 0 Å². The quantitative estimate of drug-likeness (QED) is 0.716. The first-order valence-corrected chi connectivity index (χ1v) is 4.26. The Hall–Kier alpha value is -2.64. The van der Waals surface area contributed by atoms with E-state index in [4.69, 9.17) is 0 Å². The van der Waals surface area contributed by atoms with E-state index in [1.807, 2.05) is 0 Å². The van der Waals surface area contributed by atoms with Crippen LogP contribution in [0.25, 0.3) is 0 Å². The summed E-state index contributed by atoms with van der Waals surface area (Å²) < 4.78 is 0. The number of imidazole rings is 2. The van der Waals surface area contributed by atoms with Crippen LogP contribution in [-0.2, 0) is 0 Å². The normalized spacial score (nSPS) is 10.8. The van der Waals surface area contributed by atoms with Crippen molar-refractivity contribution in [2.45, 2.75) is 0 Å². The van der Waals surface area contributed by atoms with Crippen LogP contribution >= 0.6 is 0 Å². The maximum absolute atomic E-state index is 11.2. The molecule has 8 heteroatoms. The summed E-state index contributed by atoms with van der Waals surface area (Å²) in [7, 11) is 0. The lowest BCUT2D eigenvalue weighted by atomic mass is 10.6. The maximum atomic E-state index is 11.2. The number of aromatic amines is 2. The van der Waals surface area contributed by atoms with Crippen molar-refractivity contribution in [3.05, 3.63) is 36.4 Å². The smallest absolute Gasteiger partial charge is 0.331 e. The third-order valence-corrected chi connectivity index (χ3v) is 1.63. The molecule has 0 atom stereocenters. The van der Waals surface area contributed by atoms with Crippen molar-refractivity contribution >= 4 is 11.8 Å². The average Bonchev–Trinajstić information content (AvgIpc) is 2.95. The Balaban J connectivity index is 2.05. The average molecular weight is 218 g/mol. The zero-order valence-electron chi connectivity index (χ0n) is 7.91. The van der Waals surface area contributed by atoms with E-state index in [1.54, 1.807) is 0 Å². The number of azo groups is 1. The molecule has 0 saturated heterocycles. The standard InChI is InChI=1S/C8H6N6O2/c15-7(5-9-1-2-10-5)13-14-8(16)6-11-3-4-12-6/h1-4H,(H,9,10)(H,11,12). The van der Waals surface area contributed by atoms with Crippen LogP contribution in [0.5, 0.6) is 0 Å². The Morgan fingerprint density at radius 1 is 0.938 bits per heavy atom. The molecule has 0 radical (unpaired) electrons. The van der Waals surface area contributed by atoms with Crippen LogP contribution in [0.4, 0.5) is 0 Å². The topological polar surface area (TPSA) is 116 Å². The van der Waals surface area contributed by atoms with E-state index < -0.39 is 11.8 Å². The molecule has 8 nitrogen and oxygen atoms in total. The highest BCUT2D eigenvalue weighted by atomic mass is 16.2. The number of H-pyrrole nitrogens is 2. The van der Waals surface area contributed by atoms with Crippen molar-refractivity contribution in [2.24, 2.45) is 10.2 Å². The SMILES string of the molecule is O=C(N=NC(=O)c1ncc[nH]1)c1ncc[nH]1. The molecule has 0 fully saturated rings. The molecule has 0 aliphatic carbocycles. The van der Waals surface area contributed by atoms with Crippen LogP contribution in [0.15, 0.2) is 35.0 Å². The van der Waals surface area contributed by atoms with Gasteiger partial charge in [0.25, 0.3) is 0 Å². The number of rotatable bonds is 2. The number of hydrogen-bond acceptors (Lipinski definition) is 4. The van der Waals surface area contributed by atoms with Crippen molar-refractivity contribution in [2.75, 3.05) is 0 Å². The minimum absolute atomic E-state index is 0.0241. The van der Waals surface area contributed by atoms with Gasteiger partial charge in [0.1, 0.15) is 0 Å². The molecular weight excluding hydrogens is 212 g/mol. The van der Waals surface area contributed by atoms with Gasteiger partial charge in [0.05, 0.1) is 0 Å². The van der Waals surface area contributed by atoms with Crippen molar-refractivity contribution in [1.82, 2.24) is 19.9 Å². The number of amides is 2. The minimum Gasteiger partial charge on any atom is -0.340 e. The number of nitrogens with one attached hydrogen (secondary N) is 2. The molecule has 2 heterocycles. The van der Waals surface area contributed by atoms with Crippen molar-refractivity contribution in [1.29, 1.82) is 0 Å². The van der Waals surface area contributed by atoms with Crippen LogP contribution in [0.1, 0.15) is 21.2 Å². The summed E-state index contributed by atoms with van der Waals surface area (Å²) in [5, 5.41) is 6.41. The fourth-order valence-electron chi connectivity index (χ4n) is 0.950. The van der Waals surface area contributed by atoms with Gasteiger partial charge in [0, 0.05) is 24.8 Å². The largest absolute Gasteiger partial charge is 0.340 e. The lowest BCUT2D eigenvalue weighted by Crippen LogP contribution is -2.00. The molecule has 0 spiro atoms. The summed E-state index contributed by atoms with van der Waals surface area (Å²) >= 11 is 0. The molecule has 2 N–H and O–H groups in total. The predicted molar refractivity (Wildman–Crippen MR) is 50.7 cm³/mol. The molecule has 2 aromatic heterocycles. The number of nitrogens with zero attached hydrogens (tertiary/aromatic N) is 4. The fraction of sp³-hybridized carbons (Fsp3) is 0. The van der Waals surface area contributed by atoms with Crippen LogP contribution in [0, 0.1) is 0 Å². The molecule has 0 aliphatic heterocycles. The molecule has 0 aromatic carbocycles. The Labute approximate surface area is 88.8 Å². The number of carbonyl (C=O) groups excluding carboxylic acids is 2. The molecule has 80 valence electrons. The van der Waals surface area contributed by atoms with Gasteiger partial charge in [-0.05, 0) is 0 Å². The molecule has 2 rings (SSSR count). The van der Waals surface area contributed by atoms with Crippen molar-refractivity contribution < 1.29 is 9.59 Å². The molecule has 0 saturated carbocycles. The number of hydrogen-bond donors (Lipinski definition) is 2. The molecular formula is C8H6N6O2.